The van der Waals surface area contributed by atoms with Crippen molar-refractivity contribution in [2.75, 3.05) is 18.9 Å². The van der Waals surface area contributed by atoms with Crippen LogP contribution in [0.1, 0.15) is 36.0 Å². The summed E-state index contributed by atoms with van der Waals surface area (Å²) in [6, 6.07) is 9.57. The number of aryl methyl sites for hydroxylation is 2. The van der Waals surface area contributed by atoms with Gasteiger partial charge in [0, 0.05) is 10.3 Å². The first-order valence-corrected chi connectivity index (χ1v) is 12.5. The molecule has 7 nitrogen and oxygen atoms in total. The lowest BCUT2D eigenvalue weighted by molar-refractivity contribution is -0.143. The average Bonchev–Trinajstić information content (AvgIpc) is 3.19. The zero-order valence-electron chi connectivity index (χ0n) is 17.9. The Kier molecular flexibility index (Phi) is 7.59. The quantitative estimate of drug-likeness (QED) is 0.287. The summed E-state index contributed by atoms with van der Waals surface area (Å²) in [7, 11) is 0. The molecule has 1 aromatic carbocycles. The van der Waals surface area contributed by atoms with Crippen molar-refractivity contribution in [1.29, 1.82) is 0 Å². The Bertz CT molecular complexity index is 1100. The SMILES string of the molecule is CCOC(=O)CNC(=O)CSc1nc(COc2ccccc2)nc2sc3c(c12)CCCC3. The van der Waals surface area contributed by atoms with Crippen molar-refractivity contribution in [3.63, 3.8) is 0 Å². The minimum absolute atomic E-state index is 0.129. The van der Waals surface area contributed by atoms with Crippen molar-refractivity contribution < 1.29 is 19.1 Å². The lowest BCUT2D eigenvalue weighted by atomic mass is 9.97. The third-order valence-electron chi connectivity index (χ3n) is 5.01. The molecule has 1 N–H and O–H groups in total. The molecule has 1 amide bonds. The second-order valence-corrected chi connectivity index (χ2v) is 9.36. The molecule has 9 heteroatoms. The van der Waals surface area contributed by atoms with Crippen LogP contribution in [0, 0.1) is 0 Å². The van der Waals surface area contributed by atoms with Crippen LogP contribution in [-0.2, 0) is 33.8 Å². The fourth-order valence-corrected chi connectivity index (χ4v) is 5.82. The van der Waals surface area contributed by atoms with E-state index in [0.717, 1.165) is 40.3 Å². The Labute approximate surface area is 194 Å². The van der Waals surface area contributed by atoms with E-state index in [-0.39, 0.29) is 24.8 Å². The van der Waals surface area contributed by atoms with E-state index in [9.17, 15) is 9.59 Å². The van der Waals surface area contributed by atoms with Gasteiger partial charge in [0.2, 0.25) is 5.91 Å². The first-order chi connectivity index (χ1) is 15.6. The molecule has 32 heavy (non-hydrogen) atoms. The lowest BCUT2D eigenvalue weighted by Crippen LogP contribution is -2.31. The molecule has 0 unspecified atom stereocenters. The number of benzene rings is 1. The van der Waals surface area contributed by atoms with Crippen molar-refractivity contribution >= 4 is 45.2 Å². The zero-order chi connectivity index (χ0) is 22.3. The van der Waals surface area contributed by atoms with Crippen molar-refractivity contribution in [3.8, 4) is 5.75 Å². The number of nitrogens with zero attached hydrogens (tertiary/aromatic N) is 2. The van der Waals surface area contributed by atoms with E-state index in [1.165, 1.54) is 28.6 Å². The Morgan fingerprint density at radius 3 is 2.78 bits per heavy atom. The van der Waals surface area contributed by atoms with Gasteiger partial charge in [-0.1, -0.05) is 30.0 Å². The van der Waals surface area contributed by atoms with Crippen LogP contribution < -0.4 is 10.1 Å². The smallest absolute Gasteiger partial charge is 0.325 e. The van der Waals surface area contributed by atoms with Gasteiger partial charge in [-0.3, -0.25) is 9.59 Å². The topological polar surface area (TPSA) is 90.4 Å². The van der Waals surface area contributed by atoms with Gasteiger partial charge in [-0.15, -0.1) is 11.3 Å². The number of hydrogen-bond donors (Lipinski definition) is 1. The molecule has 2 aromatic heterocycles. The maximum Gasteiger partial charge on any atom is 0.325 e. The number of aromatic nitrogens is 2. The van der Waals surface area contributed by atoms with Crippen molar-refractivity contribution in [3.05, 3.63) is 46.6 Å². The van der Waals surface area contributed by atoms with Gasteiger partial charge in [-0.2, -0.15) is 0 Å². The van der Waals surface area contributed by atoms with E-state index in [2.05, 4.69) is 5.32 Å². The summed E-state index contributed by atoms with van der Waals surface area (Å²) in [5, 5.41) is 4.47. The molecule has 0 saturated carbocycles. The molecule has 1 aliphatic carbocycles. The number of para-hydroxylation sites is 1. The second-order valence-electron chi connectivity index (χ2n) is 7.31. The van der Waals surface area contributed by atoms with E-state index in [1.807, 2.05) is 30.3 Å². The molecule has 0 aliphatic heterocycles. The third-order valence-corrected chi connectivity index (χ3v) is 7.18. The first-order valence-electron chi connectivity index (χ1n) is 10.7. The molecule has 3 aromatic rings. The number of fused-ring (bicyclic) bond motifs is 3. The molecule has 4 rings (SSSR count). The normalized spacial score (nSPS) is 12.9. The lowest BCUT2D eigenvalue weighted by Gasteiger charge is -2.12. The van der Waals surface area contributed by atoms with E-state index in [4.69, 9.17) is 19.4 Å². The Morgan fingerprint density at radius 1 is 1.16 bits per heavy atom. The molecule has 0 fully saturated rings. The Hall–Kier alpha value is -2.65. The van der Waals surface area contributed by atoms with Crippen molar-refractivity contribution in [2.24, 2.45) is 0 Å². The molecular formula is C23H25N3O4S2. The van der Waals surface area contributed by atoms with Crippen molar-refractivity contribution in [2.45, 2.75) is 44.2 Å². The van der Waals surface area contributed by atoms with Gasteiger partial charge in [0.15, 0.2) is 5.82 Å². The summed E-state index contributed by atoms with van der Waals surface area (Å²) in [6.45, 7) is 2.15. The summed E-state index contributed by atoms with van der Waals surface area (Å²) in [6.07, 6.45) is 4.43. The van der Waals surface area contributed by atoms with Crippen molar-refractivity contribution in [1.82, 2.24) is 15.3 Å². The van der Waals surface area contributed by atoms with Crippen LogP contribution in [0.4, 0.5) is 0 Å². The number of hydrogen-bond acceptors (Lipinski definition) is 8. The largest absolute Gasteiger partial charge is 0.486 e. The van der Waals surface area contributed by atoms with Gasteiger partial charge in [-0.05, 0) is 50.3 Å². The number of esters is 1. The van der Waals surface area contributed by atoms with Gasteiger partial charge in [0.25, 0.3) is 0 Å². The summed E-state index contributed by atoms with van der Waals surface area (Å²) in [5.41, 5.74) is 1.32. The van der Waals surface area contributed by atoms with Crippen LogP contribution in [0.5, 0.6) is 5.75 Å². The highest BCUT2D eigenvalue weighted by molar-refractivity contribution is 8.00. The zero-order valence-corrected chi connectivity index (χ0v) is 19.5. The van der Waals surface area contributed by atoms with Gasteiger partial charge in [0.1, 0.15) is 28.8 Å². The number of amides is 1. The van der Waals surface area contributed by atoms with Gasteiger partial charge in [0.05, 0.1) is 12.4 Å². The average molecular weight is 472 g/mol. The van der Waals surface area contributed by atoms with E-state index in [0.29, 0.717) is 12.4 Å². The Morgan fingerprint density at radius 2 is 1.97 bits per heavy atom. The van der Waals surface area contributed by atoms with E-state index >= 15 is 0 Å². The molecule has 0 radical (unpaired) electrons. The molecule has 1 aliphatic rings. The van der Waals surface area contributed by atoms with Crippen LogP contribution in [0.2, 0.25) is 0 Å². The molecule has 0 spiro atoms. The molecule has 2 heterocycles. The fraction of sp³-hybridized carbons (Fsp3) is 0.391. The van der Waals surface area contributed by atoms with Crippen LogP contribution in [0.25, 0.3) is 10.2 Å². The molecule has 0 saturated heterocycles. The van der Waals surface area contributed by atoms with Crippen LogP contribution in [0.15, 0.2) is 35.4 Å². The number of thioether (sulfide) groups is 1. The minimum atomic E-state index is -0.442. The molecule has 0 atom stereocenters. The fourth-order valence-electron chi connectivity index (χ4n) is 3.57. The summed E-state index contributed by atoms with van der Waals surface area (Å²) < 4.78 is 10.7. The molecule has 168 valence electrons. The highest BCUT2D eigenvalue weighted by Crippen LogP contribution is 2.39. The highest BCUT2D eigenvalue weighted by Gasteiger charge is 2.22. The first kappa shape index (κ1) is 22.5. The van der Waals surface area contributed by atoms with Gasteiger partial charge < -0.3 is 14.8 Å². The van der Waals surface area contributed by atoms with E-state index < -0.39 is 5.97 Å². The maximum atomic E-state index is 12.3. The highest BCUT2D eigenvalue weighted by atomic mass is 32.2. The van der Waals surface area contributed by atoms with Gasteiger partial charge >= 0.3 is 5.97 Å². The molecular weight excluding hydrogens is 446 g/mol. The maximum absolute atomic E-state index is 12.3. The van der Waals surface area contributed by atoms with Gasteiger partial charge in [-0.25, -0.2) is 9.97 Å². The van der Waals surface area contributed by atoms with Crippen LogP contribution in [0.3, 0.4) is 0 Å². The monoisotopic (exact) mass is 471 g/mol. The second kappa shape index (κ2) is 10.8. The standard InChI is InChI=1S/C23H25N3O4S2/c1-2-29-20(28)12-24-19(27)14-31-22-21-16-10-6-7-11-17(16)32-23(21)26-18(25-22)13-30-15-8-4-3-5-9-15/h3-5,8-9H,2,6-7,10-14H2,1H3,(H,24,27). The number of carbonyl (C=O) groups excluding carboxylic acids is 2. The number of nitrogens with one attached hydrogen (secondary N) is 1. The van der Waals surface area contributed by atoms with E-state index in [1.54, 1.807) is 18.3 Å². The molecule has 0 bridgehead atoms. The summed E-state index contributed by atoms with van der Waals surface area (Å²) >= 11 is 3.09. The summed E-state index contributed by atoms with van der Waals surface area (Å²) in [5.74, 6) is 0.835. The predicted octanol–water partition coefficient (Wildman–Crippen LogP) is 3.92. The third kappa shape index (κ3) is 5.58. The number of carbonyl (C=O) groups is 2. The van der Waals surface area contributed by atoms with Crippen LogP contribution >= 0.6 is 23.1 Å². The number of rotatable bonds is 9. The number of ether oxygens (including phenoxy) is 2. The number of thiophene rings is 1. The minimum Gasteiger partial charge on any atom is -0.486 e. The van der Waals surface area contributed by atoms with Crippen LogP contribution in [-0.4, -0.2) is 40.7 Å². The predicted molar refractivity (Wildman–Crippen MR) is 125 cm³/mol. The Balaban J connectivity index is 1.52. The summed E-state index contributed by atoms with van der Waals surface area (Å²) in [4.78, 5) is 35.6.